The van der Waals surface area contributed by atoms with Crippen molar-refractivity contribution in [3.05, 3.63) is 29.8 Å². The number of piperidine rings is 1. The van der Waals surface area contributed by atoms with E-state index < -0.39 is 54.8 Å². The van der Waals surface area contributed by atoms with E-state index in [2.05, 4.69) is 35.6 Å². The second-order valence-corrected chi connectivity index (χ2v) is 12.7. The van der Waals surface area contributed by atoms with Crippen LogP contribution in [0.1, 0.15) is 74.1 Å². The van der Waals surface area contributed by atoms with Crippen LogP contribution in [0.4, 0.5) is 27.9 Å². The molecular weight excluding hydrogens is 613 g/mol. The summed E-state index contributed by atoms with van der Waals surface area (Å²) in [5.74, 6) is -6.82. The molecule has 4 heterocycles. The van der Waals surface area contributed by atoms with Crippen molar-refractivity contribution in [1.82, 2.24) is 35.3 Å². The first-order valence-corrected chi connectivity index (χ1v) is 15.7. The van der Waals surface area contributed by atoms with E-state index >= 15 is 0 Å². The number of halogens is 5. The Morgan fingerprint density at radius 3 is 2.65 bits per heavy atom. The van der Waals surface area contributed by atoms with E-state index in [1.165, 1.54) is 17.1 Å². The van der Waals surface area contributed by atoms with Crippen LogP contribution in [0.15, 0.2) is 23.5 Å². The average molecular weight is 654 g/mol. The highest BCUT2D eigenvalue weighted by atomic mass is 19.4. The number of aromatic amines is 1. The van der Waals surface area contributed by atoms with E-state index in [1.54, 1.807) is 6.07 Å². The maximum atomic E-state index is 14.1. The van der Waals surface area contributed by atoms with Gasteiger partial charge in [0.2, 0.25) is 17.8 Å². The van der Waals surface area contributed by atoms with Gasteiger partial charge in [-0.1, -0.05) is 0 Å². The van der Waals surface area contributed by atoms with Gasteiger partial charge in [-0.05, 0) is 58.2 Å². The van der Waals surface area contributed by atoms with Crippen molar-refractivity contribution >= 4 is 29.2 Å². The molecule has 0 radical (unpaired) electrons. The lowest BCUT2D eigenvalue weighted by Gasteiger charge is -2.33. The van der Waals surface area contributed by atoms with Crippen molar-refractivity contribution < 1.29 is 31.5 Å². The summed E-state index contributed by atoms with van der Waals surface area (Å²) in [5.41, 5.74) is 1.08. The number of carbonyl (C=O) groups excluding carboxylic acids is 2. The Labute approximate surface area is 263 Å². The monoisotopic (exact) mass is 653 g/mol. The van der Waals surface area contributed by atoms with Gasteiger partial charge in [0.05, 0.1) is 35.3 Å². The Morgan fingerprint density at radius 1 is 1.26 bits per heavy atom. The topological polar surface area (TPSA) is 144 Å². The molecule has 2 aliphatic heterocycles. The van der Waals surface area contributed by atoms with E-state index in [0.29, 0.717) is 36.6 Å². The highest BCUT2D eigenvalue weighted by Crippen LogP contribution is 2.41. The summed E-state index contributed by atoms with van der Waals surface area (Å²) in [6.07, 6.45) is -1.68. The summed E-state index contributed by atoms with van der Waals surface area (Å²) in [5, 5.41) is 18.3. The van der Waals surface area contributed by atoms with Gasteiger partial charge in [0, 0.05) is 56.9 Å². The van der Waals surface area contributed by atoms with E-state index in [9.17, 15) is 31.5 Å². The van der Waals surface area contributed by atoms with E-state index in [4.69, 9.17) is 5.41 Å². The number of amides is 2. The molecule has 0 bridgehead atoms. The molecule has 0 spiro atoms. The van der Waals surface area contributed by atoms with Gasteiger partial charge in [-0.15, -0.1) is 0 Å². The SMILES string of the molecule is CCn1nccc1C(=O)N[C@H](c1cnc(/N=C(\C(=N)C[C@H]2C[C@@H](C(F)(F)F)CNC2=O)C2CCN(C)C2)[nH]1)C1CCC(F)(F)CC1. The molecule has 2 aromatic heterocycles. The summed E-state index contributed by atoms with van der Waals surface area (Å²) in [6, 6.07) is 0.888. The molecular formula is C30H40F5N9O2. The Balaban J connectivity index is 1.41. The Kier molecular flexibility index (Phi) is 9.94. The predicted molar refractivity (Wildman–Crippen MR) is 159 cm³/mol. The van der Waals surface area contributed by atoms with Crippen molar-refractivity contribution in [3.8, 4) is 0 Å². The van der Waals surface area contributed by atoms with Crippen molar-refractivity contribution in [2.24, 2.45) is 28.7 Å². The molecule has 252 valence electrons. The van der Waals surface area contributed by atoms with E-state index in [-0.39, 0.29) is 55.6 Å². The molecule has 3 fully saturated rings. The van der Waals surface area contributed by atoms with Gasteiger partial charge in [0.25, 0.3) is 5.91 Å². The third-order valence-electron chi connectivity index (χ3n) is 9.38. The van der Waals surface area contributed by atoms with Crippen LogP contribution in [0.3, 0.4) is 0 Å². The van der Waals surface area contributed by atoms with Crippen LogP contribution in [-0.2, 0) is 11.3 Å². The number of H-pyrrole nitrogens is 1. The highest BCUT2D eigenvalue weighted by Gasteiger charge is 2.45. The van der Waals surface area contributed by atoms with Gasteiger partial charge in [-0.3, -0.25) is 14.3 Å². The molecule has 16 heteroatoms. The fraction of sp³-hybridized carbons (Fsp3) is 0.667. The Morgan fingerprint density at radius 2 is 2.00 bits per heavy atom. The first-order chi connectivity index (χ1) is 21.7. The normalized spacial score (nSPS) is 25.3. The zero-order valence-corrected chi connectivity index (χ0v) is 25.8. The summed E-state index contributed by atoms with van der Waals surface area (Å²) in [4.78, 5) is 40.0. The van der Waals surface area contributed by atoms with Crippen LogP contribution in [-0.4, -0.2) is 86.7 Å². The molecule has 2 saturated heterocycles. The molecule has 0 aromatic carbocycles. The smallest absolute Gasteiger partial charge is 0.355 e. The van der Waals surface area contributed by atoms with Crippen molar-refractivity contribution in [3.63, 3.8) is 0 Å². The fourth-order valence-corrected chi connectivity index (χ4v) is 6.73. The summed E-state index contributed by atoms with van der Waals surface area (Å²) in [7, 11) is 1.92. The van der Waals surface area contributed by atoms with Gasteiger partial charge in [-0.25, -0.2) is 18.8 Å². The minimum absolute atomic E-state index is 0.0339. The van der Waals surface area contributed by atoms with Crippen molar-refractivity contribution in [2.45, 2.75) is 76.6 Å². The molecule has 2 amide bonds. The molecule has 5 rings (SSSR count). The number of aliphatic imine (C=N–C) groups is 1. The molecule has 1 aliphatic carbocycles. The minimum atomic E-state index is -4.46. The number of carbonyl (C=O) groups is 2. The number of hydrogen-bond acceptors (Lipinski definition) is 7. The second kappa shape index (κ2) is 13.6. The lowest BCUT2D eigenvalue weighted by Crippen LogP contribution is -2.47. The van der Waals surface area contributed by atoms with Gasteiger partial charge < -0.3 is 25.9 Å². The largest absolute Gasteiger partial charge is 0.393 e. The number of nitrogens with one attached hydrogen (secondary N) is 4. The number of imidazole rings is 1. The first-order valence-electron chi connectivity index (χ1n) is 15.7. The summed E-state index contributed by atoms with van der Waals surface area (Å²) >= 11 is 0. The Bertz CT molecular complexity index is 1440. The molecule has 4 atom stereocenters. The second-order valence-electron chi connectivity index (χ2n) is 12.7. The van der Waals surface area contributed by atoms with E-state index in [0.717, 1.165) is 6.54 Å². The number of likely N-dealkylation sites (tertiary alicyclic amines) is 1. The standard InChI is InChI=1S/C30H40F5N9O2/c1-3-44-23(6-10-39-44)27(46)41-25(17-4-8-29(31,32)9-5-17)22-15-38-28(40-22)42-24(18-7-11-43(2)16-18)21(36)13-19-12-20(30(33,34)35)14-37-26(19)45/h6,10,15,17-20,25,36H,3-5,7-9,11-14,16H2,1-2H3,(H,37,45)(H,38,40)(H,41,46)/b36-21?,42-24-/t18?,19-,20-,25+/m1/s1. The average Bonchev–Trinajstić information content (AvgIpc) is 3.76. The quantitative estimate of drug-likeness (QED) is 0.218. The number of nitrogens with zero attached hydrogens (tertiary/aromatic N) is 5. The molecule has 11 nitrogen and oxygen atoms in total. The predicted octanol–water partition coefficient (Wildman–Crippen LogP) is 4.67. The maximum absolute atomic E-state index is 14.1. The summed E-state index contributed by atoms with van der Waals surface area (Å²) in [6.45, 7) is 3.12. The van der Waals surface area contributed by atoms with Gasteiger partial charge >= 0.3 is 6.18 Å². The van der Waals surface area contributed by atoms with Crippen LogP contribution >= 0.6 is 0 Å². The van der Waals surface area contributed by atoms with Crippen LogP contribution in [0.5, 0.6) is 0 Å². The zero-order chi connectivity index (χ0) is 33.2. The third-order valence-corrected chi connectivity index (χ3v) is 9.38. The molecule has 1 saturated carbocycles. The molecule has 4 N–H and O–H groups in total. The van der Waals surface area contributed by atoms with Crippen molar-refractivity contribution in [2.75, 3.05) is 26.7 Å². The van der Waals surface area contributed by atoms with Gasteiger partial charge in [0.1, 0.15) is 5.69 Å². The lowest BCUT2D eigenvalue weighted by atomic mass is 9.81. The first kappa shape index (κ1) is 33.7. The number of aryl methyl sites for hydroxylation is 1. The number of alkyl halides is 5. The number of aromatic nitrogens is 4. The van der Waals surface area contributed by atoms with Crippen molar-refractivity contribution in [1.29, 1.82) is 5.41 Å². The number of hydrogen-bond donors (Lipinski definition) is 4. The molecule has 3 aliphatic rings. The minimum Gasteiger partial charge on any atom is -0.355 e. The molecule has 1 unspecified atom stereocenters. The summed E-state index contributed by atoms with van der Waals surface area (Å²) < 4.78 is 70.0. The third kappa shape index (κ3) is 7.81. The highest BCUT2D eigenvalue weighted by molar-refractivity contribution is 6.42. The van der Waals surface area contributed by atoms with Crippen LogP contribution in [0.2, 0.25) is 0 Å². The number of rotatable bonds is 10. The molecule has 2 aromatic rings. The maximum Gasteiger partial charge on any atom is 0.393 e. The van der Waals surface area contributed by atoms with Crippen LogP contribution in [0.25, 0.3) is 0 Å². The lowest BCUT2D eigenvalue weighted by molar-refractivity contribution is -0.183. The van der Waals surface area contributed by atoms with E-state index in [1.807, 2.05) is 14.0 Å². The fourth-order valence-electron chi connectivity index (χ4n) is 6.73. The van der Waals surface area contributed by atoms with Crippen LogP contribution in [0, 0.1) is 29.1 Å². The van der Waals surface area contributed by atoms with Gasteiger partial charge in [-0.2, -0.15) is 18.3 Å². The van der Waals surface area contributed by atoms with Gasteiger partial charge in [0.15, 0.2) is 0 Å². The van der Waals surface area contributed by atoms with Crippen LogP contribution < -0.4 is 10.6 Å². The Hall–Kier alpha value is -3.69. The zero-order valence-electron chi connectivity index (χ0n) is 25.8. The molecule has 46 heavy (non-hydrogen) atoms.